The first-order valence-corrected chi connectivity index (χ1v) is 10.8. The summed E-state index contributed by atoms with van der Waals surface area (Å²) in [6, 6.07) is 15.8. The molecular weight excluding hydrogens is 460 g/mol. The molecule has 0 aliphatic carbocycles. The topological polar surface area (TPSA) is 121 Å². The van der Waals surface area contributed by atoms with Crippen molar-refractivity contribution in [1.82, 2.24) is 15.5 Å². The van der Waals surface area contributed by atoms with E-state index < -0.39 is 35.8 Å². The van der Waals surface area contributed by atoms with Gasteiger partial charge in [-0.05, 0) is 37.3 Å². The van der Waals surface area contributed by atoms with Crippen molar-refractivity contribution in [3.63, 3.8) is 0 Å². The number of anilines is 1. The van der Waals surface area contributed by atoms with Crippen LogP contribution in [0.4, 0.5) is 10.5 Å². The normalized spacial score (nSPS) is 17.4. The Bertz CT molecular complexity index is 1260. The summed E-state index contributed by atoms with van der Waals surface area (Å²) >= 11 is 6.23. The average molecular weight is 481 g/mol. The summed E-state index contributed by atoms with van der Waals surface area (Å²) < 4.78 is 5.20. The van der Waals surface area contributed by atoms with Gasteiger partial charge in [-0.1, -0.05) is 41.9 Å². The Kier molecular flexibility index (Phi) is 6.38. The summed E-state index contributed by atoms with van der Waals surface area (Å²) in [7, 11) is 0. The van der Waals surface area contributed by atoms with Crippen LogP contribution in [-0.2, 0) is 21.7 Å². The maximum absolute atomic E-state index is 13.1. The summed E-state index contributed by atoms with van der Waals surface area (Å²) in [6.45, 7) is 1.18. The van der Waals surface area contributed by atoms with Gasteiger partial charge in [0.05, 0.1) is 24.1 Å². The van der Waals surface area contributed by atoms with Crippen molar-refractivity contribution in [3.05, 3.63) is 88.8 Å². The molecule has 0 radical (unpaired) electrons. The van der Waals surface area contributed by atoms with E-state index in [1.807, 2.05) is 0 Å². The minimum Gasteiger partial charge on any atom is -0.467 e. The highest BCUT2D eigenvalue weighted by atomic mass is 35.5. The molecule has 34 heavy (non-hydrogen) atoms. The second kappa shape index (κ2) is 9.40. The number of furan rings is 1. The summed E-state index contributed by atoms with van der Waals surface area (Å²) in [6.07, 6.45) is 1.50. The lowest BCUT2D eigenvalue weighted by molar-refractivity contribution is -0.133. The van der Waals surface area contributed by atoms with E-state index in [2.05, 4.69) is 16.0 Å². The Morgan fingerprint density at radius 2 is 1.79 bits per heavy atom. The first-order chi connectivity index (χ1) is 16.3. The van der Waals surface area contributed by atoms with Gasteiger partial charge in [0.25, 0.3) is 11.8 Å². The molecule has 3 N–H and O–H groups in total. The van der Waals surface area contributed by atoms with E-state index in [0.717, 1.165) is 4.90 Å². The number of benzene rings is 2. The molecular formula is C24H21ClN4O5. The molecule has 174 valence electrons. The zero-order valence-corrected chi connectivity index (χ0v) is 18.9. The number of halogens is 1. The molecule has 2 aromatic carbocycles. The van der Waals surface area contributed by atoms with Gasteiger partial charge in [-0.3, -0.25) is 19.3 Å². The Morgan fingerprint density at radius 3 is 2.53 bits per heavy atom. The Balaban J connectivity index is 1.45. The zero-order chi connectivity index (χ0) is 24.3. The van der Waals surface area contributed by atoms with Crippen molar-refractivity contribution in [3.8, 4) is 0 Å². The average Bonchev–Trinajstić information content (AvgIpc) is 3.41. The quantitative estimate of drug-likeness (QED) is 0.448. The standard InChI is InChI=1S/C24H21ClN4O5/c1-24(17-9-3-4-10-18(17)25)22(32)29(23(33)28-24)14-20(30)27-19-11-5-2-8-16(19)21(31)26-13-15-7-6-12-34-15/h2-12H,13-14H2,1H3,(H,26,31)(H,27,30)(H,28,33)/t24-/m1/s1. The van der Waals surface area contributed by atoms with Crippen LogP contribution in [0.3, 0.4) is 0 Å². The highest BCUT2D eigenvalue weighted by molar-refractivity contribution is 6.32. The smallest absolute Gasteiger partial charge is 0.325 e. The molecule has 0 saturated carbocycles. The van der Waals surface area contributed by atoms with Crippen LogP contribution < -0.4 is 16.0 Å². The van der Waals surface area contributed by atoms with Gasteiger partial charge in [-0.15, -0.1) is 0 Å². The van der Waals surface area contributed by atoms with Crippen molar-refractivity contribution < 1.29 is 23.6 Å². The lowest BCUT2D eigenvalue weighted by Crippen LogP contribution is -2.42. The van der Waals surface area contributed by atoms with Crippen LogP contribution >= 0.6 is 11.6 Å². The van der Waals surface area contributed by atoms with Crippen molar-refractivity contribution in [1.29, 1.82) is 0 Å². The molecule has 1 aliphatic heterocycles. The Labute approximate surface area is 200 Å². The van der Waals surface area contributed by atoms with Gasteiger partial charge in [-0.25, -0.2) is 4.79 Å². The summed E-state index contributed by atoms with van der Waals surface area (Å²) in [4.78, 5) is 51.8. The second-order valence-electron chi connectivity index (χ2n) is 7.78. The molecule has 1 aromatic heterocycles. The molecule has 5 amide bonds. The van der Waals surface area contributed by atoms with Crippen LogP contribution in [0, 0.1) is 0 Å². The van der Waals surface area contributed by atoms with Crippen LogP contribution in [0.1, 0.15) is 28.6 Å². The number of imide groups is 1. The van der Waals surface area contributed by atoms with E-state index >= 15 is 0 Å². The number of rotatable bonds is 7. The lowest BCUT2D eigenvalue weighted by atomic mass is 9.92. The largest absolute Gasteiger partial charge is 0.467 e. The fourth-order valence-electron chi connectivity index (χ4n) is 3.69. The zero-order valence-electron chi connectivity index (χ0n) is 18.1. The van der Waals surface area contributed by atoms with Crippen molar-refractivity contribution in [2.45, 2.75) is 19.0 Å². The monoisotopic (exact) mass is 480 g/mol. The number of carbonyl (C=O) groups excluding carboxylic acids is 4. The van der Waals surface area contributed by atoms with Gasteiger partial charge in [0.1, 0.15) is 17.8 Å². The molecule has 2 heterocycles. The fraction of sp³-hybridized carbons (Fsp3) is 0.167. The van der Waals surface area contributed by atoms with E-state index in [9.17, 15) is 19.2 Å². The number of amides is 5. The molecule has 1 aliphatic rings. The Hall–Kier alpha value is -4.11. The summed E-state index contributed by atoms with van der Waals surface area (Å²) in [5.41, 5.74) is -0.512. The molecule has 1 fully saturated rings. The van der Waals surface area contributed by atoms with Crippen molar-refractivity contribution in [2.24, 2.45) is 0 Å². The molecule has 10 heteroatoms. The SMILES string of the molecule is C[C@]1(c2ccccc2Cl)NC(=O)N(CC(=O)Nc2ccccc2C(=O)NCc2ccco2)C1=O. The molecule has 3 aromatic rings. The number of nitrogens with one attached hydrogen (secondary N) is 3. The minimum atomic E-state index is -1.40. The molecule has 9 nitrogen and oxygen atoms in total. The van der Waals surface area contributed by atoms with Gasteiger partial charge in [0.15, 0.2) is 0 Å². The molecule has 0 bridgehead atoms. The van der Waals surface area contributed by atoms with Gasteiger partial charge in [0.2, 0.25) is 5.91 Å². The van der Waals surface area contributed by atoms with E-state index in [4.69, 9.17) is 16.0 Å². The third-order valence-corrected chi connectivity index (χ3v) is 5.77. The summed E-state index contributed by atoms with van der Waals surface area (Å²) in [5, 5.41) is 8.25. The van der Waals surface area contributed by atoms with Crippen molar-refractivity contribution in [2.75, 3.05) is 11.9 Å². The number of nitrogens with zero attached hydrogens (tertiary/aromatic N) is 1. The van der Waals surface area contributed by atoms with E-state index in [-0.39, 0.29) is 17.8 Å². The van der Waals surface area contributed by atoms with Gasteiger partial charge in [-0.2, -0.15) is 0 Å². The predicted molar refractivity (Wildman–Crippen MR) is 124 cm³/mol. The molecule has 4 rings (SSSR count). The van der Waals surface area contributed by atoms with Gasteiger partial charge in [0, 0.05) is 10.6 Å². The predicted octanol–water partition coefficient (Wildman–Crippen LogP) is 3.27. The third kappa shape index (κ3) is 4.51. The van der Waals surface area contributed by atoms with Crippen molar-refractivity contribution >= 4 is 41.0 Å². The minimum absolute atomic E-state index is 0.178. The number of urea groups is 1. The summed E-state index contributed by atoms with van der Waals surface area (Å²) in [5.74, 6) is -1.09. The van der Waals surface area contributed by atoms with Crippen LogP contribution in [0.5, 0.6) is 0 Å². The Morgan fingerprint density at radius 1 is 1.06 bits per heavy atom. The second-order valence-corrected chi connectivity index (χ2v) is 8.19. The molecule has 0 spiro atoms. The number of hydrogen-bond donors (Lipinski definition) is 3. The lowest BCUT2D eigenvalue weighted by Gasteiger charge is -2.23. The first kappa shape index (κ1) is 23.1. The molecule has 0 unspecified atom stereocenters. The van der Waals surface area contributed by atoms with Gasteiger partial charge >= 0.3 is 6.03 Å². The maximum Gasteiger partial charge on any atom is 0.325 e. The molecule has 1 atom stereocenters. The van der Waals surface area contributed by atoms with Crippen LogP contribution in [0.15, 0.2) is 71.3 Å². The first-order valence-electron chi connectivity index (χ1n) is 10.4. The number of carbonyl (C=O) groups is 4. The van der Waals surface area contributed by atoms with Crippen LogP contribution in [0.25, 0.3) is 0 Å². The number of para-hydroxylation sites is 1. The maximum atomic E-state index is 13.1. The fourth-order valence-corrected chi connectivity index (χ4v) is 4.01. The molecule has 1 saturated heterocycles. The highest BCUT2D eigenvalue weighted by Crippen LogP contribution is 2.33. The van der Waals surface area contributed by atoms with Crippen LogP contribution in [0.2, 0.25) is 5.02 Å². The number of hydrogen-bond acceptors (Lipinski definition) is 5. The van der Waals surface area contributed by atoms with Gasteiger partial charge < -0.3 is 20.4 Å². The van der Waals surface area contributed by atoms with E-state index in [0.29, 0.717) is 16.3 Å². The van der Waals surface area contributed by atoms with E-state index in [1.54, 1.807) is 60.7 Å². The van der Waals surface area contributed by atoms with Crippen LogP contribution in [-0.4, -0.2) is 35.2 Å². The highest BCUT2D eigenvalue weighted by Gasteiger charge is 2.50. The van der Waals surface area contributed by atoms with E-state index in [1.165, 1.54) is 13.2 Å². The third-order valence-electron chi connectivity index (χ3n) is 5.44.